The van der Waals surface area contributed by atoms with Crippen molar-refractivity contribution in [3.05, 3.63) is 29.8 Å². The molecule has 0 spiro atoms. The molecule has 2 aromatic heterocycles. The summed E-state index contributed by atoms with van der Waals surface area (Å²) in [7, 11) is 1.94. The van der Waals surface area contributed by atoms with Crippen LogP contribution in [0.4, 0.5) is 0 Å². The van der Waals surface area contributed by atoms with Crippen LogP contribution in [0.2, 0.25) is 0 Å². The van der Waals surface area contributed by atoms with Crippen LogP contribution >= 0.6 is 11.8 Å². The van der Waals surface area contributed by atoms with Crippen LogP contribution in [0.25, 0.3) is 0 Å². The van der Waals surface area contributed by atoms with Crippen LogP contribution in [0.5, 0.6) is 0 Å². The predicted molar refractivity (Wildman–Crippen MR) is 62.0 cm³/mol. The van der Waals surface area contributed by atoms with Crippen LogP contribution in [-0.4, -0.2) is 19.7 Å². The fourth-order valence-electron chi connectivity index (χ4n) is 1.24. The molecule has 0 aliphatic rings. The van der Waals surface area contributed by atoms with Crippen molar-refractivity contribution in [2.24, 2.45) is 12.8 Å². The largest absolute Gasteiger partial charge is 0.326 e. The third kappa shape index (κ3) is 2.07. The first-order valence-corrected chi connectivity index (χ1v) is 5.71. The lowest BCUT2D eigenvalue weighted by Gasteiger charge is -2.05. The van der Waals surface area contributed by atoms with E-state index < -0.39 is 0 Å². The monoisotopic (exact) mass is 235 g/mol. The Morgan fingerprint density at radius 3 is 2.88 bits per heavy atom. The number of aryl methyl sites for hydroxylation is 1. The number of nitrogens with two attached hydrogens (primary N) is 1. The van der Waals surface area contributed by atoms with Crippen molar-refractivity contribution in [2.75, 3.05) is 0 Å². The standard InChI is InChI=1S/C10H13N5S/c1-7-13-14-10(15(7)2)16-9-6-12-4-3-8(9)5-11/h3-4,6H,5,11H2,1-2H3. The molecule has 0 saturated carbocycles. The van der Waals surface area contributed by atoms with Crippen LogP contribution in [0, 0.1) is 6.92 Å². The lowest BCUT2D eigenvalue weighted by Crippen LogP contribution is -1.99. The Morgan fingerprint density at radius 2 is 2.25 bits per heavy atom. The van der Waals surface area contributed by atoms with Gasteiger partial charge in [-0.1, -0.05) is 0 Å². The van der Waals surface area contributed by atoms with Gasteiger partial charge < -0.3 is 10.3 Å². The number of hydrogen-bond donors (Lipinski definition) is 1. The Hall–Kier alpha value is -1.40. The smallest absolute Gasteiger partial charge is 0.195 e. The minimum Gasteiger partial charge on any atom is -0.326 e. The van der Waals surface area contributed by atoms with Crippen molar-refractivity contribution in [2.45, 2.75) is 23.5 Å². The zero-order valence-corrected chi connectivity index (χ0v) is 10.0. The average Bonchev–Trinajstić information content (AvgIpc) is 2.62. The highest BCUT2D eigenvalue weighted by molar-refractivity contribution is 7.99. The summed E-state index contributed by atoms with van der Waals surface area (Å²) in [4.78, 5) is 5.12. The molecule has 2 N–H and O–H groups in total. The van der Waals surface area contributed by atoms with Gasteiger partial charge in [0, 0.05) is 30.9 Å². The Balaban J connectivity index is 2.30. The molecular formula is C10H13N5S. The summed E-state index contributed by atoms with van der Waals surface area (Å²) in [5.41, 5.74) is 6.73. The van der Waals surface area contributed by atoms with Crippen molar-refractivity contribution in [1.29, 1.82) is 0 Å². The lowest BCUT2D eigenvalue weighted by atomic mass is 10.3. The van der Waals surface area contributed by atoms with E-state index >= 15 is 0 Å². The first kappa shape index (κ1) is 11.1. The first-order chi connectivity index (χ1) is 7.72. The topological polar surface area (TPSA) is 69.6 Å². The third-order valence-corrected chi connectivity index (χ3v) is 3.47. The Kier molecular flexibility index (Phi) is 3.21. The highest BCUT2D eigenvalue weighted by Crippen LogP contribution is 2.27. The fourth-order valence-corrected chi connectivity index (χ4v) is 2.19. The van der Waals surface area contributed by atoms with Gasteiger partial charge in [0.15, 0.2) is 5.16 Å². The minimum atomic E-state index is 0.502. The van der Waals surface area contributed by atoms with E-state index in [0.717, 1.165) is 21.4 Å². The molecule has 2 heterocycles. The highest BCUT2D eigenvalue weighted by Gasteiger charge is 2.09. The predicted octanol–water partition coefficient (Wildman–Crippen LogP) is 1.13. The number of nitrogens with zero attached hydrogens (tertiary/aromatic N) is 4. The number of hydrogen-bond acceptors (Lipinski definition) is 5. The molecule has 0 radical (unpaired) electrons. The van der Waals surface area contributed by atoms with Gasteiger partial charge in [0.25, 0.3) is 0 Å². The summed E-state index contributed by atoms with van der Waals surface area (Å²) < 4.78 is 1.94. The van der Waals surface area contributed by atoms with Gasteiger partial charge in [-0.05, 0) is 30.3 Å². The van der Waals surface area contributed by atoms with E-state index in [4.69, 9.17) is 5.73 Å². The van der Waals surface area contributed by atoms with E-state index in [0.29, 0.717) is 6.54 Å². The maximum absolute atomic E-state index is 5.66. The highest BCUT2D eigenvalue weighted by atomic mass is 32.2. The van der Waals surface area contributed by atoms with Gasteiger partial charge in [0.05, 0.1) is 0 Å². The van der Waals surface area contributed by atoms with Crippen LogP contribution in [0.15, 0.2) is 28.5 Å². The second kappa shape index (κ2) is 4.63. The van der Waals surface area contributed by atoms with Gasteiger partial charge in [-0.2, -0.15) is 0 Å². The number of rotatable bonds is 3. The summed E-state index contributed by atoms with van der Waals surface area (Å²) in [5, 5.41) is 8.95. The zero-order valence-electron chi connectivity index (χ0n) is 9.21. The maximum atomic E-state index is 5.66. The first-order valence-electron chi connectivity index (χ1n) is 4.89. The maximum Gasteiger partial charge on any atom is 0.195 e. The molecule has 2 rings (SSSR count). The molecule has 0 aliphatic heterocycles. The second-order valence-electron chi connectivity index (χ2n) is 3.38. The van der Waals surface area contributed by atoms with E-state index in [9.17, 15) is 0 Å². The molecule has 0 amide bonds. The van der Waals surface area contributed by atoms with Crippen LogP contribution in [0.3, 0.4) is 0 Å². The third-order valence-electron chi connectivity index (χ3n) is 2.34. The summed E-state index contributed by atoms with van der Waals surface area (Å²) in [6, 6.07) is 1.92. The minimum absolute atomic E-state index is 0.502. The van der Waals surface area contributed by atoms with Crippen molar-refractivity contribution in [3.8, 4) is 0 Å². The van der Waals surface area contributed by atoms with E-state index in [1.54, 1.807) is 12.4 Å². The number of aromatic nitrogens is 4. The van der Waals surface area contributed by atoms with E-state index in [2.05, 4.69) is 15.2 Å². The van der Waals surface area contributed by atoms with E-state index in [1.165, 1.54) is 11.8 Å². The fraction of sp³-hybridized carbons (Fsp3) is 0.300. The summed E-state index contributed by atoms with van der Waals surface area (Å²) in [6.07, 6.45) is 3.55. The molecule has 5 nitrogen and oxygen atoms in total. The van der Waals surface area contributed by atoms with E-state index in [-0.39, 0.29) is 0 Å². The van der Waals surface area contributed by atoms with Gasteiger partial charge in [0.2, 0.25) is 0 Å². The van der Waals surface area contributed by atoms with Crippen molar-refractivity contribution in [1.82, 2.24) is 19.7 Å². The molecule has 0 aliphatic carbocycles. The lowest BCUT2D eigenvalue weighted by molar-refractivity contribution is 0.765. The zero-order chi connectivity index (χ0) is 11.5. The quantitative estimate of drug-likeness (QED) is 0.863. The molecular weight excluding hydrogens is 222 g/mol. The number of pyridine rings is 1. The molecule has 84 valence electrons. The van der Waals surface area contributed by atoms with Crippen molar-refractivity contribution in [3.63, 3.8) is 0 Å². The van der Waals surface area contributed by atoms with E-state index in [1.807, 2.05) is 24.6 Å². The second-order valence-corrected chi connectivity index (χ2v) is 4.39. The van der Waals surface area contributed by atoms with Gasteiger partial charge in [-0.15, -0.1) is 10.2 Å². The molecule has 0 unspecified atom stereocenters. The molecule has 16 heavy (non-hydrogen) atoms. The van der Waals surface area contributed by atoms with Gasteiger partial charge in [-0.25, -0.2) is 0 Å². The molecule has 0 fully saturated rings. The molecule has 0 saturated heterocycles. The SMILES string of the molecule is Cc1nnc(Sc2cnccc2CN)n1C. The summed E-state index contributed by atoms with van der Waals surface area (Å²) in [6.45, 7) is 2.42. The van der Waals surface area contributed by atoms with Gasteiger partial charge >= 0.3 is 0 Å². The molecule has 2 aromatic rings. The summed E-state index contributed by atoms with van der Waals surface area (Å²) >= 11 is 1.53. The molecule has 6 heteroatoms. The van der Waals surface area contributed by atoms with Crippen molar-refractivity contribution >= 4 is 11.8 Å². The Morgan fingerprint density at radius 1 is 1.44 bits per heavy atom. The van der Waals surface area contributed by atoms with Crippen LogP contribution in [-0.2, 0) is 13.6 Å². The van der Waals surface area contributed by atoms with Gasteiger partial charge in [-0.3, -0.25) is 4.98 Å². The average molecular weight is 235 g/mol. The normalized spacial score (nSPS) is 10.7. The molecule has 0 atom stereocenters. The summed E-state index contributed by atoms with van der Waals surface area (Å²) in [5.74, 6) is 0.890. The Bertz CT molecular complexity index is 494. The Labute approximate surface area is 98.1 Å². The van der Waals surface area contributed by atoms with Crippen LogP contribution in [0.1, 0.15) is 11.4 Å². The van der Waals surface area contributed by atoms with Crippen molar-refractivity contribution < 1.29 is 0 Å². The van der Waals surface area contributed by atoms with Crippen LogP contribution < -0.4 is 5.73 Å². The molecule has 0 bridgehead atoms. The molecule has 0 aromatic carbocycles. The van der Waals surface area contributed by atoms with Gasteiger partial charge in [0.1, 0.15) is 5.82 Å².